The fraction of sp³-hybridized carbons (Fsp3) is 0.125. The lowest BCUT2D eigenvalue weighted by Crippen LogP contribution is -2.72. The number of para-hydroxylation sites is 1. The Morgan fingerprint density at radius 3 is 2.56 bits per heavy atom. The summed E-state index contributed by atoms with van der Waals surface area (Å²) in [5.41, 5.74) is 5.01. The number of anilines is 1. The first-order chi connectivity index (χ1) is 15.4. The molecule has 32 heavy (non-hydrogen) atoms. The van der Waals surface area contributed by atoms with E-state index >= 15 is 0 Å². The highest BCUT2D eigenvalue weighted by molar-refractivity contribution is 6.50. The molecule has 0 aliphatic heterocycles. The molecule has 1 aliphatic carbocycles. The maximum absolute atomic E-state index is 13.3. The molecular weight excluding hydrogens is 408 g/mol. The first kappa shape index (κ1) is 21.1. The summed E-state index contributed by atoms with van der Waals surface area (Å²) < 4.78 is 0. The van der Waals surface area contributed by atoms with Gasteiger partial charge in [-0.25, -0.2) is 0 Å². The van der Waals surface area contributed by atoms with Gasteiger partial charge in [-0.1, -0.05) is 47.6 Å². The van der Waals surface area contributed by atoms with Gasteiger partial charge in [0, 0.05) is 22.9 Å². The number of nitrogens with one attached hydrogen (secondary N) is 1. The number of aryl methyl sites for hydroxylation is 1. The third-order valence-electron chi connectivity index (χ3n) is 5.41. The third-order valence-corrected chi connectivity index (χ3v) is 5.41. The molecule has 3 aromatic rings. The van der Waals surface area contributed by atoms with E-state index in [0.717, 1.165) is 11.1 Å². The number of nitrogens with zero attached hydrogens (tertiary/aromatic N) is 2. The van der Waals surface area contributed by atoms with Gasteiger partial charge in [0.05, 0.1) is 11.0 Å². The van der Waals surface area contributed by atoms with E-state index in [2.05, 4.69) is 10.4 Å². The molecule has 4 rings (SSSR count). The van der Waals surface area contributed by atoms with Crippen molar-refractivity contribution in [2.75, 3.05) is 5.32 Å². The van der Waals surface area contributed by atoms with E-state index in [-0.39, 0.29) is 23.6 Å². The molecule has 3 aromatic carbocycles. The summed E-state index contributed by atoms with van der Waals surface area (Å²) in [7, 11) is 0. The molecule has 1 aliphatic rings. The molecule has 8 nitrogen and oxygen atoms in total. The van der Waals surface area contributed by atoms with E-state index in [1.165, 1.54) is 17.6 Å². The Morgan fingerprint density at radius 1 is 1.09 bits per heavy atom. The number of carbonyl (C=O) groups is 2. The minimum atomic E-state index is -0.913. The molecule has 0 saturated carbocycles. The summed E-state index contributed by atoms with van der Waals surface area (Å²) in [6.07, 6.45) is 0.280. The van der Waals surface area contributed by atoms with E-state index in [0.29, 0.717) is 16.9 Å². The van der Waals surface area contributed by atoms with Gasteiger partial charge >= 0.3 is 0 Å². The number of hydrogen-bond donors (Lipinski definition) is 2. The highest BCUT2D eigenvalue weighted by Gasteiger charge is 2.37. The molecule has 0 saturated heterocycles. The van der Waals surface area contributed by atoms with Gasteiger partial charge in [-0.15, -0.1) is 0 Å². The summed E-state index contributed by atoms with van der Waals surface area (Å²) in [4.78, 5) is 36.8. The van der Waals surface area contributed by atoms with Crippen LogP contribution in [0.25, 0.3) is 0 Å². The molecule has 3 N–H and O–H groups in total. The maximum atomic E-state index is 13.3. The fourth-order valence-corrected chi connectivity index (χ4v) is 3.65. The predicted octanol–water partition coefficient (Wildman–Crippen LogP) is 2.88. The highest BCUT2D eigenvalue weighted by atomic mass is 16.6. The first-order valence-electron chi connectivity index (χ1n) is 10.1. The van der Waals surface area contributed by atoms with Crippen LogP contribution in [0.1, 0.15) is 16.7 Å². The number of rotatable bonds is 5. The number of quaternary nitrogens is 1. The van der Waals surface area contributed by atoms with Crippen LogP contribution in [0.3, 0.4) is 0 Å². The van der Waals surface area contributed by atoms with E-state index in [9.17, 15) is 19.7 Å². The normalized spacial score (nSPS) is 16.5. The quantitative estimate of drug-likeness (QED) is 0.213. The lowest BCUT2D eigenvalue weighted by molar-refractivity contribution is -0.578. The number of carbonyl (C=O) groups excluding carboxylic acids is 2. The Kier molecular flexibility index (Phi) is 5.87. The topological polar surface area (TPSA) is 118 Å². The van der Waals surface area contributed by atoms with Crippen LogP contribution in [-0.4, -0.2) is 22.3 Å². The van der Waals surface area contributed by atoms with Crippen molar-refractivity contribution in [3.8, 4) is 0 Å². The Hall–Kier alpha value is -4.17. The Labute approximate surface area is 184 Å². The fourth-order valence-electron chi connectivity index (χ4n) is 3.65. The van der Waals surface area contributed by atoms with Crippen molar-refractivity contribution in [3.63, 3.8) is 0 Å². The summed E-state index contributed by atoms with van der Waals surface area (Å²) in [6, 6.07) is 20.8. The maximum Gasteiger partial charge on any atom is 0.275 e. The summed E-state index contributed by atoms with van der Waals surface area (Å²) >= 11 is 0. The average Bonchev–Trinajstić information content (AvgIpc) is 2.79. The predicted molar refractivity (Wildman–Crippen MR) is 120 cm³/mol. The van der Waals surface area contributed by atoms with Gasteiger partial charge in [-0.3, -0.25) is 19.7 Å². The number of fused-ring (bicyclic) bond motifs is 1. The largest absolute Gasteiger partial charge is 0.325 e. The summed E-state index contributed by atoms with van der Waals surface area (Å²) in [6.45, 7) is 1.81. The van der Waals surface area contributed by atoms with Crippen LogP contribution < -0.4 is 10.7 Å². The van der Waals surface area contributed by atoms with Crippen LogP contribution in [0.2, 0.25) is 0 Å². The van der Waals surface area contributed by atoms with Gasteiger partial charge < -0.3 is 5.32 Å². The van der Waals surface area contributed by atoms with Crippen molar-refractivity contribution in [3.05, 3.63) is 99.6 Å². The van der Waals surface area contributed by atoms with Gasteiger partial charge in [0.2, 0.25) is 5.91 Å². The minimum Gasteiger partial charge on any atom is -0.325 e. The van der Waals surface area contributed by atoms with Crippen LogP contribution in [0, 0.1) is 23.0 Å². The third kappa shape index (κ3) is 4.30. The zero-order chi connectivity index (χ0) is 22.7. The lowest BCUT2D eigenvalue weighted by atomic mass is 9.81. The van der Waals surface area contributed by atoms with Crippen molar-refractivity contribution >= 4 is 34.5 Å². The van der Waals surface area contributed by atoms with Crippen molar-refractivity contribution in [1.29, 1.82) is 0 Å². The first-order valence-corrected chi connectivity index (χ1v) is 10.1. The van der Waals surface area contributed by atoms with Crippen LogP contribution in [0.5, 0.6) is 0 Å². The second-order valence-corrected chi connectivity index (χ2v) is 7.54. The molecule has 0 aromatic heterocycles. The molecular formula is C24H21N4O4+. The van der Waals surface area contributed by atoms with Crippen LogP contribution >= 0.6 is 0 Å². The van der Waals surface area contributed by atoms with Gasteiger partial charge in [-0.05, 0) is 37.1 Å². The van der Waals surface area contributed by atoms with Crippen molar-refractivity contribution in [1.82, 2.24) is 0 Å². The molecule has 8 heteroatoms. The van der Waals surface area contributed by atoms with E-state index < -0.39 is 16.7 Å². The highest BCUT2D eigenvalue weighted by Crippen LogP contribution is 2.25. The monoisotopic (exact) mass is 429 g/mol. The van der Waals surface area contributed by atoms with E-state index in [4.69, 9.17) is 0 Å². The molecule has 1 amide bonds. The second kappa shape index (κ2) is 8.91. The van der Waals surface area contributed by atoms with Crippen molar-refractivity contribution in [2.45, 2.75) is 13.3 Å². The molecule has 0 spiro atoms. The van der Waals surface area contributed by atoms with Gasteiger partial charge in [0.25, 0.3) is 5.69 Å². The zero-order valence-corrected chi connectivity index (χ0v) is 17.3. The molecule has 0 radical (unpaired) electrons. The number of Topliss-reactive ketones (excluding diaryl/α,β-unsaturated/α-hetero) is 1. The SMILES string of the molecule is Cc1ccc([N+](=O)[O-])cc1[NH2+]/N=C1\C(=O)C(C(=O)Nc2ccccc2)Cc2ccccc21. The number of nitro groups is 1. The van der Waals surface area contributed by atoms with Crippen molar-refractivity contribution < 1.29 is 19.9 Å². The number of non-ortho nitro benzene ring substituents is 1. The number of benzene rings is 3. The van der Waals surface area contributed by atoms with Gasteiger partial charge in [-0.2, -0.15) is 5.43 Å². The molecule has 160 valence electrons. The average molecular weight is 429 g/mol. The van der Waals surface area contributed by atoms with Gasteiger partial charge in [0.1, 0.15) is 5.92 Å². The van der Waals surface area contributed by atoms with Crippen LogP contribution in [0.15, 0.2) is 77.9 Å². The number of nitrogens with two attached hydrogens (primary N) is 1. The number of amides is 1. The Bertz CT molecular complexity index is 1240. The number of hydrogen-bond acceptors (Lipinski definition) is 5. The molecule has 0 fully saturated rings. The van der Waals surface area contributed by atoms with Crippen LogP contribution in [-0.2, 0) is 16.0 Å². The summed E-state index contributed by atoms with van der Waals surface area (Å²) in [5.74, 6) is -1.69. The number of ketones is 1. The summed E-state index contributed by atoms with van der Waals surface area (Å²) in [5, 5.41) is 18.3. The van der Waals surface area contributed by atoms with E-state index in [1.54, 1.807) is 36.4 Å². The number of nitro benzene ring substituents is 1. The van der Waals surface area contributed by atoms with E-state index in [1.807, 2.05) is 31.2 Å². The van der Waals surface area contributed by atoms with Gasteiger partial charge in [0.15, 0.2) is 17.2 Å². The molecule has 0 heterocycles. The standard InChI is InChI=1S/C24H20N4O4/c1-15-11-12-18(28(31)32)14-21(15)26-27-22-19-10-6-5-7-16(19)13-20(23(22)29)24(30)25-17-8-3-2-4-9-17/h2-12,14,20,26H,13H2,1H3,(H,25,30)/p+1/b27-22-. The Balaban J connectivity index is 1.66. The molecule has 1 atom stereocenters. The molecule has 1 unspecified atom stereocenters. The zero-order valence-electron chi connectivity index (χ0n) is 17.3. The Morgan fingerprint density at radius 2 is 1.81 bits per heavy atom. The molecule has 0 bridgehead atoms. The smallest absolute Gasteiger partial charge is 0.275 e. The minimum absolute atomic E-state index is 0.0578. The second-order valence-electron chi connectivity index (χ2n) is 7.54. The lowest BCUT2D eigenvalue weighted by Gasteiger charge is -2.23. The van der Waals surface area contributed by atoms with Crippen molar-refractivity contribution in [2.24, 2.45) is 11.0 Å². The van der Waals surface area contributed by atoms with Crippen LogP contribution in [0.4, 0.5) is 17.1 Å².